The molecule has 1 saturated heterocycles. The Morgan fingerprint density at radius 1 is 1.38 bits per heavy atom. The lowest BCUT2D eigenvalue weighted by atomic mass is 9.77. The van der Waals surface area contributed by atoms with E-state index in [1.54, 1.807) is 11.0 Å². The normalized spacial score (nSPS) is 22.1. The summed E-state index contributed by atoms with van der Waals surface area (Å²) in [6, 6.07) is 7.25. The van der Waals surface area contributed by atoms with Crippen molar-refractivity contribution in [3.8, 4) is 0 Å². The van der Waals surface area contributed by atoms with Gasteiger partial charge in [-0.2, -0.15) is 0 Å². The highest BCUT2D eigenvalue weighted by molar-refractivity contribution is 6.31. The van der Waals surface area contributed by atoms with Crippen LogP contribution in [0.3, 0.4) is 0 Å². The van der Waals surface area contributed by atoms with Gasteiger partial charge in [-0.15, -0.1) is 0 Å². The van der Waals surface area contributed by atoms with Crippen molar-refractivity contribution in [3.63, 3.8) is 0 Å². The van der Waals surface area contributed by atoms with Gasteiger partial charge in [0.2, 0.25) is 5.91 Å². The van der Waals surface area contributed by atoms with E-state index >= 15 is 0 Å². The molecule has 1 aromatic carbocycles. The van der Waals surface area contributed by atoms with Crippen LogP contribution in [0.1, 0.15) is 31.7 Å². The highest BCUT2D eigenvalue weighted by Crippen LogP contribution is 2.34. The number of rotatable bonds is 4. The van der Waals surface area contributed by atoms with Crippen LogP contribution in [0, 0.1) is 5.41 Å². The number of carboxylic acid groups (broad SMARTS) is 1. The van der Waals surface area contributed by atoms with Gasteiger partial charge < -0.3 is 10.0 Å². The number of hydrogen-bond acceptors (Lipinski definition) is 2. The summed E-state index contributed by atoms with van der Waals surface area (Å²) in [6.07, 6.45) is 2.13. The Labute approximate surface area is 129 Å². The first-order valence-electron chi connectivity index (χ1n) is 7.23. The average molecular weight is 310 g/mol. The molecular formula is C16H20ClNO3. The minimum absolute atomic E-state index is 0.0538. The van der Waals surface area contributed by atoms with Crippen LogP contribution in [-0.4, -0.2) is 35.0 Å². The Hall–Kier alpha value is -1.55. The fourth-order valence-corrected chi connectivity index (χ4v) is 3.08. The quantitative estimate of drug-likeness (QED) is 0.930. The van der Waals surface area contributed by atoms with Crippen molar-refractivity contribution in [1.29, 1.82) is 0 Å². The van der Waals surface area contributed by atoms with E-state index in [9.17, 15) is 14.7 Å². The first-order chi connectivity index (χ1) is 9.98. The van der Waals surface area contributed by atoms with Crippen LogP contribution < -0.4 is 0 Å². The highest BCUT2D eigenvalue weighted by atomic mass is 35.5. The molecule has 5 heteroatoms. The SMILES string of the molecule is CCC1(C(=O)O)CCCN(C(=O)Cc2ccccc2Cl)C1. The van der Waals surface area contributed by atoms with Gasteiger partial charge in [-0.3, -0.25) is 9.59 Å². The topological polar surface area (TPSA) is 57.6 Å². The molecule has 1 N–H and O–H groups in total. The minimum Gasteiger partial charge on any atom is -0.481 e. The van der Waals surface area contributed by atoms with Gasteiger partial charge in [0.25, 0.3) is 0 Å². The number of amides is 1. The lowest BCUT2D eigenvalue weighted by molar-refractivity contribution is -0.155. The van der Waals surface area contributed by atoms with Crippen LogP contribution in [0.25, 0.3) is 0 Å². The number of carboxylic acids is 1. The second kappa shape index (κ2) is 6.48. The Bertz CT molecular complexity index is 546. The van der Waals surface area contributed by atoms with Crippen LogP contribution in [0.15, 0.2) is 24.3 Å². The van der Waals surface area contributed by atoms with E-state index in [0.29, 0.717) is 31.0 Å². The van der Waals surface area contributed by atoms with Gasteiger partial charge in [-0.05, 0) is 30.9 Å². The lowest BCUT2D eigenvalue weighted by Gasteiger charge is -2.39. The Balaban J connectivity index is 2.09. The van der Waals surface area contributed by atoms with Gasteiger partial charge in [0.05, 0.1) is 11.8 Å². The van der Waals surface area contributed by atoms with Crippen molar-refractivity contribution in [2.75, 3.05) is 13.1 Å². The monoisotopic (exact) mass is 309 g/mol. The number of benzene rings is 1. The summed E-state index contributed by atoms with van der Waals surface area (Å²) >= 11 is 6.08. The molecule has 0 spiro atoms. The standard InChI is InChI=1S/C16H20ClNO3/c1-2-16(15(20)21)8-5-9-18(11-16)14(19)10-12-6-3-4-7-13(12)17/h3-4,6-7H,2,5,8-11H2,1H3,(H,20,21). The van der Waals surface area contributed by atoms with Gasteiger partial charge in [0.1, 0.15) is 0 Å². The Kier molecular flexibility index (Phi) is 4.88. The lowest BCUT2D eigenvalue weighted by Crippen LogP contribution is -2.50. The van der Waals surface area contributed by atoms with Crippen LogP contribution in [0.2, 0.25) is 5.02 Å². The molecule has 0 aromatic heterocycles. The van der Waals surface area contributed by atoms with Crippen molar-refractivity contribution in [3.05, 3.63) is 34.9 Å². The number of piperidine rings is 1. The third-order valence-corrected chi connectivity index (χ3v) is 4.73. The summed E-state index contributed by atoms with van der Waals surface area (Å²) in [4.78, 5) is 25.6. The van der Waals surface area contributed by atoms with Gasteiger partial charge in [-0.1, -0.05) is 36.7 Å². The van der Waals surface area contributed by atoms with Gasteiger partial charge >= 0.3 is 5.97 Å². The minimum atomic E-state index is -0.805. The van der Waals surface area contributed by atoms with E-state index in [-0.39, 0.29) is 12.3 Å². The molecule has 114 valence electrons. The molecule has 4 nitrogen and oxygen atoms in total. The number of nitrogens with zero attached hydrogens (tertiary/aromatic N) is 1. The zero-order chi connectivity index (χ0) is 15.5. The van der Waals surface area contributed by atoms with E-state index in [1.165, 1.54) is 0 Å². The molecule has 1 heterocycles. The fraction of sp³-hybridized carbons (Fsp3) is 0.500. The largest absolute Gasteiger partial charge is 0.481 e. The first-order valence-corrected chi connectivity index (χ1v) is 7.61. The van der Waals surface area contributed by atoms with Crippen LogP contribution >= 0.6 is 11.6 Å². The van der Waals surface area contributed by atoms with Crippen molar-refractivity contribution in [2.45, 2.75) is 32.6 Å². The third kappa shape index (κ3) is 3.38. The maximum Gasteiger partial charge on any atom is 0.311 e. The molecule has 0 aliphatic carbocycles. The predicted molar refractivity (Wildman–Crippen MR) is 81.3 cm³/mol. The molecule has 0 radical (unpaired) electrons. The molecule has 1 aliphatic rings. The molecule has 0 saturated carbocycles. The van der Waals surface area contributed by atoms with Crippen LogP contribution in [0.4, 0.5) is 0 Å². The predicted octanol–water partition coefficient (Wildman–Crippen LogP) is 2.99. The molecule has 1 aromatic rings. The number of aliphatic carboxylic acids is 1. The second-order valence-electron chi connectivity index (χ2n) is 5.63. The zero-order valence-electron chi connectivity index (χ0n) is 12.1. The molecule has 1 amide bonds. The van der Waals surface area contributed by atoms with Crippen LogP contribution in [0.5, 0.6) is 0 Å². The second-order valence-corrected chi connectivity index (χ2v) is 6.03. The zero-order valence-corrected chi connectivity index (χ0v) is 12.9. The van der Waals surface area contributed by atoms with Gasteiger partial charge in [0, 0.05) is 18.1 Å². The molecule has 0 bridgehead atoms. The molecule has 1 unspecified atom stereocenters. The summed E-state index contributed by atoms with van der Waals surface area (Å²) < 4.78 is 0. The third-order valence-electron chi connectivity index (χ3n) is 4.36. The van der Waals surface area contributed by atoms with E-state index in [2.05, 4.69) is 0 Å². The molecule has 1 atom stereocenters. The molecular weight excluding hydrogens is 290 g/mol. The van der Waals surface area contributed by atoms with E-state index in [4.69, 9.17) is 11.6 Å². The van der Waals surface area contributed by atoms with Gasteiger partial charge in [-0.25, -0.2) is 0 Å². The molecule has 1 aliphatic heterocycles. The highest BCUT2D eigenvalue weighted by Gasteiger charge is 2.41. The molecule has 2 rings (SSSR count). The first kappa shape index (κ1) is 15.8. The number of likely N-dealkylation sites (tertiary alicyclic amines) is 1. The van der Waals surface area contributed by atoms with Crippen molar-refractivity contribution >= 4 is 23.5 Å². The Morgan fingerprint density at radius 2 is 2.10 bits per heavy atom. The summed E-state index contributed by atoms with van der Waals surface area (Å²) in [5.74, 6) is -0.859. The van der Waals surface area contributed by atoms with Crippen LogP contribution in [-0.2, 0) is 16.0 Å². The smallest absolute Gasteiger partial charge is 0.311 e. The molecule has 21 heavy (non-hydrogen) atoms. The summed E-state index contributed by atoms with van der Waals surface area (Å²) in [5.41, 5.74) is -0.0128. The molecule has 1 fully saturated rings. The average Bonchev–Trinajstić information content (AvgIpc) is 2.49. The number of carbonyl (C=O) groups excluding carboxylic acids is 1. The van der Waals surface area contributed by atoms with E-state index in [1.807, 2.05) is 25.1 Å². The number of halogens is 1. The maximum atomic E-state index is 12.4. The summed E-state index contributed by atoms with van der Waals surface area (Å²) in [7, 11) is 0. The van der Waals surface area contributed by atoms with E-state index in [0.717, 1.165) is 12.0 Å². The van der Waals surface area contributed by atoms with E-state index < -0.39 is 11.4 Å². The summed E-state index contributed by atoms with van der Waals surface area (Å²) in [6.45, 7) is 2.79. The van der Waals surface area contributed by atoms with Crippen molar-refractivity contribution < 1.29 is 14.7 Å². The van der Waals surface area contributed by atoms with Crippen molar-refractivity contribution in [1.82, 2.24) is 4.90 Å². The Morgan fingerprint density at radius 3 is 2.71 bits per heavy atom. The van der Waals surface area contributed by atoms with Crippen molar-refractivity contribution in [2.24, 2.45) is 5.41 Å². The maximum absolute atomic E-state index is 12.4. The van der Waals surface area contributed by atoms with Gasteiger partial charge in [0.15, 0.2) is 0 Å². The number of carbonyl (C=O) groups is 2. The number of hydrogen-bond donors (Lipinski definition) is 1. The fourth-order valence-electron chi connectivity index (χ4n) is 2.88. The summed E-state index contributed by atoms with van der Waals surface area (Å²) in [5, 5.41) is 10.0.